The van der Waals surface area contributed by atoms with Crippen LogP contribution in [-0.2, 0) is 9.53 Å². The summed E-state index contributed by atoms with van der Waals surface area (Å²) in [6.07, 6.45) is -2.11. The van der Waals surface area contributed by atoms with Crippen LogP contribution in [0.3, 0.4) is 0 Å². The van der Waals surface area contributed by atoms with E-state index in [-0.39, 0.29) is 11.3 Å². The maximum atomic E-state index is 15.0. The average molecular weight is 423 g/mol. The number of nitrogens with one attached hydrogen (secondary N) is 2. The summed E-state index contributed by atoms with van der Waals surface area (Å²) >= 11 is 6.14. The Labute approximate surface area is 174 Å². The molecule has 2 aromatic carbocycles. The summed E-state index contributed by atoms with van der Waals surface area (Å²) in [6, 6.07) is 9.89. The Kier molecular flexibility index (Phi) is 7.21. The molecule has 0 heterocycles. The van der Waals surface area contributed by atoms with E-state index >= 15 is 4.39 Å². The topological polar surface area (TPSA) is 87.7 Å². The summed E-state index contributed by atoms with van der Waals surface area (Å²) in [5.41, 5.74) is -0.202. The molecule has 29 heavy (non-hydrogen) atoms. The number of rotatable bonds is 5. The van der Waals surface area contributed by atoms with Crippen LogP contribution in [0.15, 0.2) is 42.5 Å². The van der Waals surface area contributed by atoms with E-state index in [1.807, 2.05) is 0 Å². The van der Waals surface area contributed by atoms with Gasteiger partial charge in [0.2, 0.25) is 5.91 Å². The monoisotopic (exact) mass is 422 g/mol. The average Bonchev–Trinajstić information content (AvgIpc) is 2.60. The first kappa shape index (κ1) is 22.6. The van der Waals surface area contributed by atoms with Gasteiger partial charge in [0.25, 0.3) is 0 Å². The normalized spacial score (nSPS) is 13.3. The Balaban J connectivity index is 2.23. The summed E-state index contributed by atoms with van der Waals surface area (Å²) in [5, 5.41) is 15.0. The summed E-state index contributed by atoms with van der Waals surface area (Å²) in [7, 11) is 0. The summed E-state index contributed by atoms with van der Waals surface area (Å²) < 4.78 is 20.1. The second-order valence-electron chi connectivity index (χ2n) is 7.50. The molecule has 8 heteroatoms. The van der Waals surface area contributed by atoms with E-state index in [2.05, 4.69) is 10.6 Å². The highest BCUT2D eigenvalue weighted by atomic mass is 35.5. The molecule has 0 aliphatic rings. The first-order valence-electron chi connectivity index (χ1n) is 9.01. The number of benzene rings is 2. The standard InChI is InChI=1S/C21H24ClFN2O4/c1-12(26)18(25-20(28)29-21(2,3)4)19(27)24-16-11-7-9-14(17(16)23)13-8-5-6-10-15(13)22/h5-12,18,26H,1-4H3,(H,24,27)(H,25,28)/t12-,18+/m1/s1. The van der Waals surface area contributed by atoms with Gasteiger partial charge in [-0.15, -0.1) is 0 Å². The van der Waals surface area contributed by atoms with Gasteiger partial charge in [-0.3, -0.25) is 4.79 Å². The molecule has 156 valence electrons. The fourth-order valence-corrected chi connectivity index (χ4v) is 2.80. The Bertz CT molecular complexity index is 896. The van der Waals surface area contributed by atoms with Crippen molar-refractivity contribution in [1.82, 2.24) is 5.32 Å². The molecule has 0 unspecified atom stereocenters. The zero-order valence-corrected chi connectivity index (χ0v) is 17.4. The Morgan fingerprint density at radius 1 is 1.10 bits per heavy atom. The number of anilines is 1. The third kappa shape index (κ3) is 6.17. The van der Waals surface area contributed by atoms with Gasteiger partial charge in [-0.05, 0) is 39.8 Å². The molecule has 0 aromatic heterocycles. The minimum absolute atomic E-state index is 0.107. The molecule has 2 aromatic rings. The fraction of sp³-hybridized carbons (Fsp3) is 0.333. The number of hydrogen-bond donors (Lipinski definition) is 3. The molecule has 0 radical (unpaired) electrons. The second kappa shape index (κ2) is 9.24. The van der Waals surface area contributed by atoms with Crippen LogP contribution < -0.4 is 10.6 Å². The highest BCUT2D eigenvalue weighted by molar-refractivity contribution is 6.33. The lowest BCUT2D eigenvalue weighted by Gasteiger charge is -2.24. The molecule has 2 rings (SSSR count). The van der Waals surface area contributed by atoms with E-state index in [1.54, 1.807) is 51.1 Å². The SMILES string of the molecule is C[C@@H](O)[C@H](NC(=O)OC(C)(C)C)C(=O)Nc1cccc(-c2ccccc2Cl)c1F. The Morgan fingerprint density at radius 2 is 1.72 bits per heavy atom. The number of ether oxygens (including phenoxy) is 1. The predicted octanol–water partition coefficient (Wildman–Crippen LogP) is 4.36. The molecular weight excluding hydrogens is 399 g/mol. The van der Waals surface area contributed by atoms with Gasteiger partial charge in [0.15, 0.2) is 5.82 Å². The van der Waals surface area contributed by atoms with Crippen molar-refractivity contribution in [2.75, 3.05) is 5.32 Å². The largest absolute Gasteiger partial charge is 0.444 e. The number of aliphatic hydroxyl groups excluding tert-OH is 1. The number of aliphatic hydroxyl groups is 1. The fourth-order valence-electron chi connectivity index (χ4n) is 2.57. The van der Waals surface area contributed by atoms with Gasteiger partial charge in [0.05, 0.1) is 11.8 Å². The van der Waals surface area contributed by atoms with E-state index in [0.717, 1.165) is 0 Å². The van der Waals surface area contributed by atoms with Crippen molar-refractivity contribution in [3.63, 3.8) is 0 Å². The molecule has 0 fully saturated rings. The quantitative estimate of drug-likeness (QED) is 0.668. The van der Waals surface area contributed by atoms with E-state index in [4.69, 9.17) is 16.3 Å². The van der Waals surface area contributed by atoms with Crippen molar-refractivity contribution in [3.05, 3.63) is 53.3 Å². The molecule has 2 amide bonds. The second-order valence-corrected chi connectivity index (χ2v) is 7.91. The predicted molar refractivity (Wildman–Crippen MR) is 110 cm³/mol. The first-order chi connectivity index (χ1) is 13.5. The Morgan fingerprint density at radius 3 is 2.31 bits per heavy atom. The highest BCUT2D eigenvalue weighted by Gasteiger charge is 2.29. The van der Waals surface area contributed by atoms with E-state index in [1.165, 1.54) is 19.1 Å². The lowest BCUT2D eigenvalue weighted by Crippen LogP contribution is -2.51. The minimum Gasteiger partial charge on any atom is -0.444 e. The number of alkyl carbamates (subject to hydrolysis) is 1. The third-order valence-corrected chi connectivity index (χ3v) is 4.19. The number of amides is 2. The summed E-state index contributed by atoms with van der Waals surface area (Å²) in [5.74, 6) is -1.48. The van der Waals surface area contributed by atoms with Crippen LogP contribution >= 0.6 is 11.6 Å². The number of hydrogen-bond acceptors (Lipinski definition) is 4. The van der Waals surface area contributed by atoms with Crippen LogP contribution in [0.1, 0.15) is 27.7 Å². The van der Waals surface area contributed by atoms with Crippen LogP contribution in [-0.4, -0.2) is 34.9 Å². The van der Waals surface area contributed by atoms with Crippen molar-refractivity contribution in [1.29, 1.82) is 0 Å². The molecule has 0 aliphatic carbocycles. The van der Waals surface area contributed by atoms with Gasteiger partial charge >= 0.3 is 6.09 Å². The van der Waals surface area contributed by atoms with Crippen LogP contribution in [0.25, 0.3) is 11.1 Å². The zero-order valence-electron chi connectivity index (χ0n) is 16.6. The molecule has 0 aliphatic heterocycles. The molecule has 2 atom stereocenters. The van der Waals surface area contributed by atoms with Gasteiger partial charge in [0.1, 0.15) is 11.6 Å². The molecule has 0 bridgehead atoms. The van der Waals surface area contributed by atoms with Crippen molar-refractivity contribution >= 4 is 29.3 Å². The zero-order chi connectivity index (χ0) is 21.8. The van der Waals surface area contributed by atoms with Gasteiger partial charge in [-0.2, -0.15) is 0 Å². The maximum absolute atomic E-state index is 15.0. The molecule has 0 saturated carbocycles. The van der Waals surface area contributed by atoms with Gasteiger partial charge in [-0.1, -0.05) is 41.9 Å². The highest BCUT2D eigenvalue weighted by Crippen LogP contribution is 2.32. The lowest BCUT2D eigenvalue weighted by atomic mass is 10.0. The van der Waals surface area contributed by atoms with Crippen molar-refractivity contribution in [2.24, 2.45) is 0 Å². The molecular formula is C21H24ClFN2O4. The first-order valence-corrected chi connectivity index (χ1v) is 9.39. The number of halogens is 2. The number of carbonyl (C=O) groups is 2. The lowest BCUT2D eigenvalue weighted by molar-refractivity contribution is -0.120. The Hall–Kier alpha value is -2.64. The van der Waals surface area contributed by atoms with Crippen molar-refractivity contribution < 1.29 is 23.8 Å². The van der Waals surface area contributed by atoms with E-state index in [0.29, 0.717) is 10.6 Å². The maximum Gasteiger partial charge on any atom is 0.408 e. The number of carbonyl (C=O) groups excluding carboxylic acids is 2. The van der Waals surface area contributed by atoms with Crippen LogP contribution in [0.4, 0.5) is 14.9 Å². The van der Waals surface area contributed by atoms with Crippen molar-refractivity contribution in [2.45, 2.75) is 45.4 Å². The molecule has 6 nitrogen and oxygen atoms in total. The molecule has 3 N–H and O–H groups in total. The van der Waals surface area contributed by atoms with Crippen LogP contribution in [0.2, 0.25) is 5.02 Å². The summed E-state index contributed by atoms with van der Waals surface area (Å²) in [4.78, 5) is 24.5. The van der Waals surface area contributed by atoms with Crippen LogP contribution in [0, 0.1) is 5.82 Å². The van der Waals surface area contributed by atoms with Gasteiger partial charge in [0, 0.05) is 16.1 Å². The minimum atomic E-state index is -1.34. The molecule has 0 saturated heterocycles. The van der Waals surface area contributed by atoms with E-state index in [9.17, 15) is 14.7 Å². The van der Waals surface area contributed by atoms with Gasteiger partial charge in [-0.25, -0.2) is 9.18 Å². The smallest absolute Gasteiger partial charge is 0.408 e. The molecule has 0 spiro atoms. The van der Waals surface area contributed by atoms with Gasteiger partial charge < -0.3 is 20.5 Å². The third-order valence-electron chi connectivity index (χ3n) is 3.86. The van der Waals surface area contributed by atoms with E-state index < -0.39 is 35.6 Å². The van der Waals surface area contributed by atoms with Crippen molar-refractivity contribution in [3.8, 4) is 11.1 Å². The summed E-state index contributed by atoms with van der Waals surface area (Å²) in [6.45, 7) is 6.33. The van der Waals surface area contributed by atoms with Crippen LogP contribution in [0.5, 0.6) is 0 Å².